The highest BCUT2D eigenvalue weighted by Crippen LogP contribution is 2.31. The van der Waals surface area contributed by atoms with E-state index in [1.807, 2.05) is 6.07 Å². The van der Waals surface area contributed by atoms with Crippen LogP contribution in [-0.2, 0) is 0 Å². The van der Waals surface area contributed by atoms with E-state index in [9.17, 15) is 0 Å². The molecule has 0 atom stereocenters. The van der Waals surface area contributed by atoms with Crippen molar-refractivity contribution in [3.05, 3.63) is 24.3 Å². The summed E-state index contributed by atoms with van der Waals surface area (Å²) in [6.45, 7) is 2.07. The van der Waals surface area contributed by atoms with Gasteiger partial charge in [-0.1, -0.05) is 23.5 Å². The van der Waals surface area contributed by atoms with Crippen LogP contribution >= 0.6 is 11.3 Å². The van der Waals surface area contributed by atoms with Crippen molar-refractivity contribution in [1.82, 2.24) is 4.98 Å². The number of para-hydroxylation sites is 1. The van der Waals surface area contributed by atoms with E-state index in [1.54, 1.807) is 11.3 Å². The minimum absolute atomic E-state index is 0.459. The van der Waals surface area contributed by atoms with Gasteiger partial charge in [-0.25, -0.2) is 4.98 Å². The molecule has 3 rings (SSSR count). The lowest BCUT2D eigenvalue weighted by atomic mass is 9.98. The van der Waals surface area contributed by atoms with E-state index < -0.39 is 0 Å². The number of fused-ring (bicyclic) bond motifs is 1. The molecule has 1 aliphatic rings. The Morgan fingerprint density at radius 1 is 1.29 bits per heavy atom. The van der Waals surface area contributed by atoms with E-state index in [2.05, 4.69) is 34.0 Å². The first kappa shape index (κ1) is 10.6. The number of piperidine rings is 1. The van der Waals surface area contributed by atoms with E-state index in [-0.39, 0.29) is 0 Å². The predicted molar refractivity (Wildman–Crippen MR) is 73.4 cm³/mol. The molecule has 1 fully saturated rings. The smallest absolute Gasteiger partial charge is 0.186 e. The lowest BCUT2D eigenvalue weighted by molar-refractivity contribution is 0.492. The largest absolute Gasteiger partial charge is 0.348 e. The number of benzene rings is 1. The van der Waals surface area contributed by atoms with Gasteiger partial charge < -0.3 is 4.90 Å². The zero-order valence-electron chi connectivity index (χ0n) is 9.60. The minimum atomic E-state index is 0.459. The Balaban J connectivity index is 1.83. The summed E-state index contributed by atoms with van der Waals surface area (Å²) in [6.07, 6.45) is 7.65. The molecule has 1 aromatic heterocycles. The molecule has 17 heavy (non-hydrogen) atoms. The van der Waals surface area contributed by atoms with Gasteiger partial charge in [0.1, 0.15) is 0 Å². The number of nitrogens with zero attached hydrogens (tertiary/aromatic N) is 2. The molecule has 0 bridgehead atoms. The van der Waals surface area contributed by atoms with E-state index in [1.165, 1.54) is 4.70 Å². The van der Waals surface area contributed by atoms with Crippen LogP contribution in [-0.4, -0.2) is 18.1 Å². The van der Waals surface area contributed by atoms with E-state index >= 15 is 0 Å². The van der Waals surface area contributed by atoms with Crippen LogP contribution in [0.3, 0.4) is 0 Å². The Bertz CT molecular complexity index is 526. The molecule has 1 aliphatic heterocycles. The number of anilines is 1. The number of hydrogen-bond donors (Lipinski definition) is 0. The quantitative estimate of drug-likeness (QED) is 0.714. The molecular weight excluding hydrogens is 228 g/mol. The summed E-state index contributed by atoms with van der Waals surface area (Å²) >= 11 is 1.78. The summed E-state index contributed by atoms with van der Waals surface area (Å²) in [4.78, 5) is 7.04. The predicted octanol–water partition coefficient (Wildman–Crippen LogP) is 3.15. The molecule has 2 heterocycles. The van der Waals surface area contributed by atoms with Crippen molar-refractivity contribution >= 4 is 26.7 Å². The minimum Gasteiger partial charge on any atom is -0.348 e. The first-order valence-electron chi connectivity index (χ1n) is 5.93. The van der Waals surface area contributed by atoms with Crippen LogP contribution < -0.4 is 4.90 Å². The van der Waals surface area contributed by atoms with Gasteiger partial charge in [0.15, 0.2) is 5.13 Å². The van der Waals surface area contributed by atoms with Gasteiger partial charge in [-0.3, -0.25) is 0 Å². The first-order valence-corrected chi connectivity index (χ1v) is 6.75. The lowest BCUT2D eigenvalue weighted by Crippen LogP contribution is -2.33. The van der Waals surface area contributed by atoms with Crippen molar-refractivity contribution in [3.63, 3.8) is 0 Å². The molecule has 0 radical (unpaired) electrons. The van der Waals surface area contributed by atoms with Crippen molar-refractivity contribution in [2.45, 2.75) is 12.8 Å². The van der Waals surface area contributed by atoms with Crippen molar-refractivity contribution in [2.24, 2.45) is 5.92 Å². The average molecular weight is 242 g/mol. The van der Waals surface area contributed by atoms with Gasteiger partial charge in [0.25, 0.3) is 0 Å². The Labute approximate surface area is 105 Å². The molecule has 1 aromatic carbocycles. The SMILES string of the molecule is C#CC1CCN(c2nc3ccccc3s2)CC1. The Hall–Kier alpha value is -1.53. The molecule has 86 valence electrons. The average Bonchev–Trinajstić information content (AvgIpc) is 2.82. The highest BCUT2D eigenvalue weighted by molar-refractivity contribution is 7.22. The fourth-order valence-corrected chi connectivity index (χ4v) is 3.25. The van der Waals surface area contributed by atoms with Crippen LogP contribution in [0.1, 0.15) is 12.8 Å². The van der Waals surface area contributed by atoms with Gasteiger partial charge in [-0.05, 0) is 25.0 Å². The monoisotopic (exact) mass is 242 g/mol. The summed E-state index contributed by atoms with van der Waals surface area (Å²) in [6, 6.07) is 8.31. The van der Waals surface area contributed by atoms with Crippen molar-refractivity contribution in [1.29, 1.82) is 0 Å². The maximum absolute atomic E-state index is 5.47. The van der Waals surface area contributed by atoms with Crippen LogP contribution in [0.25, 0.3) is 10.2 Å². The van der Waals surface area contributed by atoms with E-state index in [0.29, 0.717) is 5.92 Å². The molecule has 0 N–H and O–H groups in total. The summed E-state index contributed by atoms with van der Waals surface area (Å²) in [7, 11) is 0. The van der Waals surface area contributed by atoms with Gasteiger partial charge in [-0.15, -0.1) is 12.3 Å². The maximum atomic E-state index is 5.47. The summed E-state index contributed by atoms with van der Waals surface area (Å²) in [5.41, 5.74) is 1.10. The van der Waals surface area contributed by atoms with Gasteiger partial charge in [0.2, 0.25) is 0 Å². The van der Waals surface area contributed by atoms with Gasteiger partial charge in [0, 0.05) is 19.0 Å². The van der Waals surface area contributed by atoms with Crippen LogP contribution in [0.4, 0.5) is 5.13 Å². The molecule has 0 amide bonds. The van der Waals surface area contributed by atoms with Crippen LogP contribution in [0.5, 0.6) is 0 Å². The number of rotatable bonds is 1. The zero-order valence-corrected chi connectivity index (χ0v) is 10.4. The van der Waals surface area contributed by atoms with Crippen molar-refractivity contribution in [2.75, 3.05) is 18.0 Å². The fraction of sp³-hybridized carbons (Fsp3) is 0.357. The Morgan fingerprint density at radius 3 is 2.76 bits per heavy atom. The van der Waals surface area contributed by atoms with Crippen molar-refractivity contribution in [3.8, 4) is 12.3 Å². The third-order valence-corrected chi connectivity index (χ3v) is 4.38. The molecule has 0 spiro atoms. The van der Waals surface area contributed by atoms with E-state index in [0.717, 1.165) is 36.6 Å². The highest BCUT2D eigenvalue weighted by Gasteiger charge is 2.19. The lowest BCUT2D eigenvalue weighted by Gasteiger charge is -2.29. The topological polar surface area (TPSA) is 16.1 Å². The molecular formula is C14H14N2S. The van der Waals surface area contributed by atoms with Crippen LogP contribution in [0.2, 0.25) is 0 Å². The third kappa shape index (κ3) is 2.01. The highest BCUT2D eigenvalue weighted by atomic mass is 32.1. The van der Waals surface area contributed by atoms with E-state index in [4.69, 9.17) is 6.42 Å². The maximum Gasteiger partial charge on any atom is 0.186 e. The second-order valence-corrected chi connectivity index (χ2v) is 5.40. The molecule has 0 unspecified atom stereocenters. The molecule has 0 saturated carbocycles. The second kappa shape index (κ2) is 4.38. The summed E-state index contributed by atoms with van der Waals surface area (Å²) in [5.74, 6) is 3.32. The third-order valence-electron chi connectivity index (χ3n) is 3.28. The summed E-state index contributed by atoms with van der Waals surface area (Å²) in [5, 5.41) is 1.14. The number of hydrogen-bond acceptors (Lipinski definition) is 3. The Morgan fingerprint density at radius 2 is 2.06 bits per heavy atom. The zero-order chi connectivity index (χ0) is 11.7. The molecule has 0 aliphatic carbocycles. The standard InChI is InChI=1S/C14H14N2S/c1-2-11-7-9-16(10-8-11)14-15-12-5-3-4-6-13(12)17-14/h1,3-6,11H,7-10H2. The molecule has 2 aromatic rings. The molecule has 2 nitrogen and oxygen atoms in total. The summed E-state index contributed by atoms with van der Waals surface area (Å²) < 4.78 is 1.27. The first-order chi connectivity index (χ1) is 8.36. The molecule has 3 heteroatoms. The normalized spacial score (nSPS) is 17.2. The van der Waals surface area contributed by atoms with Crippen LogP contribution in [0.15, 0.2) is 24.3 Å². The Kier molecular flexibility index (Phi) is 2.74. The fourth-order valence-electron chi connectivity index (χ4n) is 2.23. The number of aromatic nitrogens is 1. The van der Waals surface area contributed by atoms with Crippen LogP contribution in [0, 0.1) is 18.3 Å². The number of thiazole rings is 1. The van der Waals surface area contributed by atoms with Gasteiger partial charge in [0.05, 0.1) is 10.2 Å². The molecule has 1 saturated heterocycles. The van der Waals surface area contributed by atoms with Gasteiger partial charge >= 0.3 is 0 Å². The second-order valence-electron chi connectivity index (χ2n) is 4.39. The number of terminal acetylenes is 1. The van der Waals surface area contributed by atoms with Crippen molar-refractivity contribution < 1.29 is 0 Å². The van der Waals surface area contributed by atoms with Gasteiger partial charge in [-0.2, -0.15) is 0 Å².